The Hall–Kier alpha value is -1.48. The van der Waals surface area contributed by atoms with Crippen LogP contribution in [0.1, 0.15) is 17.9 Å². The Labute approximate surface area is 124 Å². The molecule has 1 heterocycles. The molecule has 0 saturated carbocycles. The Morgan fingerprint density at radius 1 is 1.23 bits per heavy atom. The maximum absolute atomic E-state index is 13.7. The molecule has 0 spiro atoms. The standard InChI is InChI=1S/C13H13F4NO3S/c1-22(20,21)10(5-19)9-2-6(4-18-9)11-12(16)7(14)3-8(15)13(11)17/h3,5-6,9-10,18H,2,4H2,1H3/t6-,9?,10?/m1/s1. The summed E-state index contributed by atoms with van der Waals surface area (Å²) >= 11 is 0. The largest absolute Gasteiger partial charge is 0.312 e. The number of carbonyl (C=O) groups excluding carboxylic acids is 1. The smallest absolute Gasteiger partial charge is 0.165 e. The SMILES string of the molecule is CS(=O)(=O)C(C=O)C1C[C@@H](c2c(F)c(F)cc(F)c2F)CN1. The lowest BCUT2D eigenvalue weighted by Gasteiger charge is -2.17. The van der Waals surface area contributed by atoms with E-state index in [0.29, 0.717) is 0 Å². The summed E-state index contributed by atoms with van der Waals surface area (Å²) in [6.07, 6.45) is 0.964. The lowest BCUT2D eigenvalue weighted by atomic mass is 9.94. The van der Waals surface area contributed by atoms with Gasteiger partial charge >= 0.3 is 0 Å². The molecule has 0 aromatic heterocycles. The van der Waals surface area contributed by atoms with E-state index >= 15 is 0 Å². The topological polar surface area (TPSA) is 63.2 Å². The summed E-state index contributed by atoms with van der Waals surface area (Å²) in [4.78, 5) is 10.9. The molecule has 2 rings (SSSR count). The molecule has 22 heavy (non-hydrogen) atoms. The van der Waals surface area contributed by atoms with E-state index in [9.17, 15) is 30.8 Å². The van der Waals surface area contributed by atoms with E-state index < -0.39 is 55.9 Å². The fourth-order valence-corrected chi connectivity index (χ4v) is 3.69. The van der Waals surface area contributed by atoms with Crippen molar-refractivity contribution in [2.75, 3.05) is 12.8 Å². The van der Waals surface area contributed by atoms with Crippen molar-refractivity contribution < 1.29 is 30.8 Å². The molecule has 122 valence electrons. The van der Waals surface area contributed by atoms with Gasteiger partial charge in [-0.25, -0.2) is 26.0 Å². The average molecular weight is 339 g/mol. The highest BCUT2D eigenvalue weighted by Gasteiger charge is 2.39. The highest BCUT2D eigenvalue weighted by molar-refractivity contribution is 7.92. The number of halogens is 4. The second-order valence-electron chi connectivity index (χ2n) is 5.26. The summed E-state index contributed by atoms with van der Waals surface area (Å²) in [5.41, 5.74) is -0.773. The molecule has 1 aromatic carbocycles. The highest BCUT2D eigenvalue weighted by Crippen LogP contribution is 2.33. The Morgan fingerprint density at radius 3 is 2.23 bits per heavy atom. The fraction of sp³-hybridized carbons (Fsp3) is 0.462. The minimum atomic E-state index is -3.71. The van der Waals surface area contributed by atoms with Crippen molar-refractivity contribution in [2.45, 2.75) is 23.6 Å². The summed E-state index contributed by atoms with van der Waals surface area (Å²) in [5.74, 6) is -7.03. The van der Waals surface area contributed by atoms with Gasteiger partial charge in [0.15, 0.2) is 33.1 Å². The van der Waals surface area contributed by atoms with E-state index in [4.69, 9.17) is 0 Å². The summed E-state index contributed by atoms with van der Waals surface area (Å²) in [6, 6.07) is -0.763. The van der Waals surface area contributed by atoms with Gasteiger partial charge in [-0.3, -0.25) is 0 Å². The molecule has 3 atom stereocenters. The molecule has 1 saturated heterocycles. The van der Waals surface area contributed by atoms with Crippen LogP contribution in [0.2, 0.25) is 0 Å². The molecule has 9 heteroatoms. The van der Waals surface area contributed by atoms with Crippen molar-refractivity contribution in [1.82, 2.24) is 5.32 Å². The predicted molar refractivity (Wildman–Crippen MR) is 70.1 cm³/mol. The Bertz CT molecular complexity index is 681. The molecular weight excluding hydrogens is 326 g/mol. The van der Waals surface area contributed by atoms with Gasteiger partial charge in [-0.1, -0.05) is 0 Å². The van der Waals surface area contributed by atoms with Crippen LogP contribution in [-0.2, 0) is 14.6 Å². The monoisotopic (exact) mass is 339 g/mol. The Kier molecular flexibility index (Phi) is 4.57. The number of carbonyl (C=O) groups is 1. The van der Waals surface area contributed by atoms with Crippen LogP contribution in [0.4, 0.5) is 17.6 Å². The molecule has 1 aliphatic rings. The van der Waals surface area contributed by atoms with E-state index in [1.54, 1.807) is 0 Å². The zero-order valence-corrected chi connectivity index (χ0v) is 12.3. The lowest BCUT2D eigenvalue weighted by Crippen LogP contribution is -2.41. The van der Waals surface area contributed by atoms with Crippen LogP contribution in [0.15, 0.2) is 6.07 Å². The second kappa shape index (κ2) is 5.96. The van der Waals surface area contributed by atoms with Crippen molar-refractivity contribution in [2.24, 2.45) is 0 Å². The first kappa shape index (κ1) is 16.9. The fourth-order valence-electron chi connectivity index (χ4n) is 2.68. The number of benzene rings is 1. The first-order valence-corrected chi connectivity index (χ1v) is 8.32. The lowest BCUT2D eigenvalue weighted by molar-refractivity contribution is -0.107. The molecule has 0 aliphatic carbocycles. The number of nitrogens with one attached hydrogen (secondary N) is 1. The van der Waals surface area contributed by atoms with Crippen LogP contribution in [0.5, 0.6) is 0 Å². The van der Waals surface area contributed by atoms with E-state index in [0.717, 1.165) is 6.26 Å². The van der Waals surface area contributed by atoms with Crippen LogP contribution in [0.3, 0.4) is 0 Å². The minimum absolute atomic E-state index is 0.0960. The summed E-state index contributed by atoms with van der Waals surface area (Å²) in [5, 5.41) is 1.28. The van der Waals surface area contributed by atoms with Crippen LogP contribution in [0, 0.1) is 23.3 Å². The number of aldehydes is 1. The maximum atomic E-state index is 13.7. The molecule has 1 aromatic rings. The quantitative estimate of drug-likeness (QED) is 0.510. The van der Waals surface area contributed by atoms with Crippen molar-refractivity contribution >= 4 is 16.1 Å². The second-order valence-corrected chi connectivity index (χ2v) is 7.46. The van der Waals surface area contributed by atoms with Crippen LogP contribution in [0.25, 0.3) is 0 Å². The van der Waals surface area contributed by atoms with Crippen molar-refractivity contribution in [3.8, 4) is 0 Å². The molecule has 2 unspecified atom stereocenters. The number of sulfone groups is 1. The van der Waals surface area contributed by atoms with Gasteiger partial charge in [0.1, 0.15) is 11.5 Å². The first-order valence-electron chi connectivity index (χ1n) is 6.37. The maximum Gasteiger partial charge on any atom is 0.165 e. The van der Waals surface area contributed by atoms with Gasteiger partial charge in [-0.2, -0.15) is 0 Å². The average Bonchev–Trinajstić information content (AvgIpc) is 2.85. The van der Waals surface area contributed by atoms with Gasteiger partial charge in [0, 0.05) is 36.4 Å². The molecule has 4 nitrogen and oxygen atoms in total. The van der Waals surface area contributed by atoms with E-state index in [1.807, 2.05) is 0 Å². The third kappa shape index (κ3) is 3.00. The van der Waals surface area contributed by atoms with Crippen LogP contribution in [-0.4, -0.2) is 38.8 Å². The minimum Gasteiger partial charge on any atom is -0.312 e. The van der Waals surface area contributed by atoms with Gasteiger partial charge in [0.2, 0.25) is 0 Å². The van der Waals surface area contributed by atoms with Crippen molar-refractivity contribution in [3.05, 3.63) is 34.9 Å². The molecule has 0 radical (unpaired) electrons. The Morgan fingerprint density at radius 2 is 1.77 bits per heavy atom. The van der Waals surface area contributed by atoms with Crippen LogP contribution >= 0.6 is 0 Å². The van der Waals surface area contributed by atoms with Gasteiger partial charge < -0.3 is 10.1 Å². The summed E-state index contributed by atoms with van der Waals surface area (Å²) in [7, 11) is -3.71. The number of hydrogen-bond acceptors (Lipinski definition) is 4. The zero-order valence-electron chi connectivity index (χ0n) is 11.4. The molecule has 0 amide bonds. The van der Waals surface area contributed by atoms with Gasteiger partial charge in [0.05, 0.1) is 0 Å². The van der Waals surface area contributed by atoms with Crippen molar-refractivity contribution in [1.29, 1.82) is 0 Å². The predicted octanol–water partition coefficient (Wildman–Crippen LogP) is 1.30. The first-order chi connectivity index (χ1) is 10.2. The molecular formula is C13H13F4NO3S. The highest BCUT2D eigenvalue weighted by atomic mass is 32.2. The third-order valence-electron chi connectivity index (χ3n) is 3.74. The number of hydrogen-bond donors (Lipinski definition) is 1. The third-order valence-corrected chi connectivity index (χ3v) is 5.17. The molecule has 1 fully saturated rings. The Balaban J connectivity index is 2.34. The summed E-state index contributed by atoms with van der Waals surface area (Å²) in [6.45, 7) is -0.0960. The van der Waals surface area contributed by atoms with Crippen LogP contribution < -0.4 is 5.32 Å². The molecule has 1 aliphatic heterocycles. The summed E-state index contributed by atoms with van der Waals surface area (Å²) < 4.78 is 76.9. The van der Waals surface area contributed by atoms with E-state index in [-0.39, 0.29) is 25.3 Å². The normalized spacial score (nSPS) is 23.5. The van der Waals surface area contributed by atoms with Gasteiger partial charge in [-0.05, 0) is 6.42 Å². The molecule has 0 bridgehead atoms. The van der Waals surface area contributed by atoms with Crippen molar-refractivity contribution in [3.63, 3.8) is 0 Å². The number of rotatable bonds is 4. The molecule has 1 N–H and O–H groups in total. The van der Waals surface area contributed by atoms with Gasteiger partial charge in [-0.15, -0.1) is 0 Å². The van der Waals surface area contributed by atoms with E-state index in [2.05, 4.69) is 5.32 Å². The van der Waals surface area contributed by atoms with Gasteiger partial charge in [0.25, 0.3) is 0 Å². The zero-order chi connectivity index (χ0) is 16.7. The van der Waals surface area contributed by atoms with E-state index in [1.165, 1.54) is 0 Å².